The quantitative estimate of drug-likeness (QED) is 0.559. The van der Waals surface area contributed by atoms with Crippen LogP contribution in [0, 0.1) is 11.6 Å². The van der Waals surface area contributed by atoms with E-state index in [0.717, 1.165) is 6.07 Å². The predicted molar refractivity (Wildman–Crippen MR) is 48.8 cm³/mol. The number of alkyl halides is 3. The Labute approximate surface area is 88.5 Å². The molecular weight excluding hydrogens is 235 g/mol. The summed E-state index contributed by atoms with van der Waals surface area (Å²) in [6, 6.07) is 1.40. The zero-order valence-electron chi connectivity index (χ0n) is 7.57. The van der Waals surface area contributed by atoms with Crippen LogP contribution >= 0.6 is 12.6 Å². The summed E-state index contributed by atoms with van der Waals surface area (Å²) in [5.74, 6) is -3.37. The summed E-state index contributed by atoms with van der Waals surface area (Å²) in [4.78, 5) is 0. The van der Waals surface area contributed by atoms with Gasteiger partial charge >= 0.3 is 6.18 Å². The second-order valence-electron chi connectivity index (χ2n) is 3.00. The van der Waals surface area contributed by atoms with Crippen molar-refractivity contribution in [2.45, 2.75) is 18.3 Å². The third kappa shape index (κ3) is 2.42. The van der Waals surface area contributed by atoms with E-state index in [-0.39, 0.29) is 5.56 Å². The van der Waals surface area contributed by atoms with E-state index < -0.39 is 28.6 Å². The van der Waals surface area contributed by atoms with Gasteiger partial charge in [-0.05, 0) is 13.0 Å². The molecule has 1 aromatic rings. The van der Waals surface area contributed by atoms with E-state index in [1.165, 1.54) is 6.92 Å². The summed E-state index contributed by atoms with van der Waals surface area (Å²) in [6.45, 7) is 1.44. The van der Waals surface area contributed by atoms with Crippen molar-refractivity contribution < 1.29 is 22.0 Å². The smallest absolute Gasteiger partial charge is 0.203 e. The lowest BCUT2D eigenvalue weighted by molar-refractivity contribution is -0.140. The number of thiol groups is 1. The molecule has 0 aromatic heterocycles. The second-order valence-corrected chi connectivity index (χ2v) is 3.78. The van der Waals surface area contributed by atoms with Crippen LogP contribution in [0.5, 0.6) is 0 Å². The summed E-state index contributed by atoms with van der Waals surface area (Å²) in [5.41, 5.74) is -1.79. The van der Waals surface area contributed by atoms with Crippen molar-refractivity contribution in [2.24, 2.45) is 0 Å². The van der Waals surface area contributed by atoms with Gasteiger partial charge in [0.1, 0.15) is 0 Å². The van der Waals surface area contributed by atoms with Crippen LogP contribution in [0.25, 0.3) is 0 Å². The summed E-state index contributed by atoms with van der Waals surface area (Å²) >= 11 is 3.82. The van der Waals surface area contributed by atoms with Gasteiger partial charge in [-0.3, -0.25) is 0 Å². The van der Waals surface area contributed by atoms with E-state index in [1.54, 1.807) is 0 Å². The Morgan fingerprint density at radius 1 is 1.13 bits per heavy atom. The van der Waals surface area contributed by atoms with Crippen molar-refractivity contribution in [1.82, 2.24) is 0 Å². The Balaban J connectivity index is 3.34. The van der Waals surface area contributed by atoms with E-state index in [0.29, 0.717) is 6.07 Å². The summed E-state index contributed by atoms with van der Waals surface area (Å²) in [5, 5.41) is -0.665. The van der Waals surface area contributed by atoms with Gasteiger partial charge in [-0.2, -0.15) is 25.8 Å². The molecule has 1 atom stereocenters. The first kappa shape index (κ1) is 12.3. The standard InChI is InChI=1S/C9H7F5S/c1-4(15)5-2-3-6(9(12,13)14)8(11)7(5)10/h2-4,15H,1H3. The third-order valence-electron chi connectivity index (χ3n) is 1.87. The third-order valence-corrected chi connectivity index (χ3v) is 2.15. The average Bonchev–Trinajstić information content (AvgIpc) is 2.06. The van der Waals surface area contributed by atoms with Crippen LogP contribution < -0.4 is 0 Å². The van der Waals surface area contributed by atoms with Gasteiger partial charge < -0.3 is 0 Å². The fourth-order valence-corrected chi connectivity index (χ4v) is 1.31. The number of halogens is 5. The Bertz CT molecular complexity index is 370. The zero-order valence-corrected chi connectivity index (χ0v) is 8.46. The van der Waals surface area contributed by atoms with Crippen LogP contribution in [-0.2, 0) is 6.18 Å². The van der Waals surface area contributed by atoms with Gasteiger partial charge in [0, 0.05) is 10.8 Å². The van der Waals surface area contributed by atoms with Crippen LogP contribution in [-0.4, -0.2) is 0 Å². The maximum atomic E-state index is 13.1. The van der Waals surface area contributed by atoms with Crippen molar-refractivity contribution in [3.8, 4) is 0 Å². The highest BCUT2D eigenvalue weighted by molar-refractivity contribution is 7.80. The van der Waals surface area contributed by atoms with E-state index in [2.05, 4.69) is 12.6 Å². The van der Waals surface area contributed by atoms with Crippen LogP contribution in [0.1, 0.15) is 23.3 Å². The topological polar surface area (TPSA) is 0 Å². The zero-order chi connectivity index (χ0) is 11.8. The Kier molecular flexibility index (Phi) is 3.28. The molecule has 0 N–H and O–H groups in total. The Hall–Kier alpha value is -0.780. The number of hydrogen-bond donors (Lipinski definition) is 1. The fourth-order valence-electron chi connectivity index (χ4n) is 1.11. The first-order valence-corrected chi connectivity index (χ1v) is 4.50. The molecule has 1 rings (SSSR count). The molecule has 1 aromatic carbocycles. The van der Waals surface area contributed by atoms with Crippen molar-refractivity contribution >= 4 is 12.6 Å². The Morgan fingerprint density at radius 2 is 1.67 bits per heavy atom. The van der Waals surface area contributed by atoms with E-state index in [9.17, 15) is 22.0 Å². The normalized spacial score (nSPS) is 14.1. The Morgan fingerprint density at radius 3 is 2.07 bits per heavy atom. The predicted octanol–water partition coefficient (Wildman–Crippen LogP) is 3.97. The molecule has 0 saturated heterocycles. The first-order chi connectivity index (χ1) is 6.75. The molecule has 0 aliphatic rings. The highest BCUT2D eigenvalue weighted by atomic mass is 32.1. The molecule has 0 nitrogen and oxygen atoms in total. The highest BCUT2D eigenvalue weighted by Gasteiger charge is 2.36. The molecule has 0 radical (unpaired) electrons. The SMILES string of the molecule is CC(S)c1ccc(C(F)(F)F)c(F)c1F. The molecule has 6 heteroatoms. The van der Waals surface area contributed by atoms with Crippen LogP contribution in [0.3, 0.4) is 0 Å². The lowest BCUT2D eigenvalue weighted by Gasteiger charge is -2.12. The van der Waals surface area contributed by atoms with Gasteiger partial charge in [-0.15, -0.1) is 0 Å². The van der Waals surface area contributed by atoms with Gasteiger partial charge in [-0.25, -0.2) is 8.78 Å². The van der Waals surface area contributed by atoms with E-state index in [1.807, 2.05) is 0 Å². The number of rotatable bonds is 1. The summed E-state index contributed by atoms with van der Waals surface area (Å²) in [7, 11) is 0. The van der Waals surface area contributed by atoms with Crippen molar-refractivity contribution in [3.63, 3.8) is 0 Å². The largest absolute Gasteiger partial charge is 0.419 e. The highest BCUT2D eigenvalue weighted by Crippen LogP contribution is 2.34. The monoisotopic (exact) mass is 242 g/mol. The first-order valence-electron chi connectivity index (χ1n) is 3.98. The molecule has 0 saturated carbocycles. The lowest BCUT2D eigenvalue weighted by Crippen LogP contribution is -2.11. The van der Waals surface area contributed by atoms with Crippen LogP contribution in [0.2, 0.25) is 0 Å². The van der Waals surface area contributed by atoms with Gasteiger partial charge in [0.2, 0.25) is 0 Å². The van der Waals surface area contributed by atoms with Crippen molar-refractivity contribution in [3.05, 3.63) is 34.9 Å². The molecule has 0 spiro atoms. The summed E-state index contributed by atoms with van der Waals surface area (Å²) < 4.78 is 62.5. The minimum Gasteiger partial charge on any atom is -0.203 e. The number of hydrogen-bond acceptors (Lipinski definition) is 1. The van der Waals surface area contributed by atoms with E-state index >= 15 is 0 Å². The molecule has 1 unspecified atom stereocenters. The minimum absolute atomic E-state index is 0.191. The fraction of sp³-hybridized carbons (Fsp3) is 0.333. The van der Waals surface area contributed by atoms with E-state index in [4.69, 9.17) is 0 Å². The summed E-state index contributed by atoms with van der Waals surface area (Å²) in [6.07, 6.45) is -4.89. The maximum absolute atomic E-state index is 13.1. The lowest BCUT2D eigenvalue weighted by atomic mass is 10.1. The molecule has 84 valence electrons. The van der Waals surface area contributed by atoms with Gasteiger partial charge in [0.25, 0.3) is 0 Å². The minimum atomic E-state index is -4.89. The average molecular weight is 242 g/mol. The second kappa shape index (κ2) is 4.00. The molecule has 0 bridgehead atoms. The van der Waals surface area contributed by atoms with Gasteiger partial charge in [-0.1, -0.05) is 6.07 Å². The molecular formula is C9H7F5S. The van der Waals surface area contributed by atoms with Crippen LogP contribution in [0.15, 0.2) is 12.1 Å². The van der Waals surface area contributed by atoms with Crippen molar-refractivity contribution in [2.75, 3.05) is 0 Å². The molecule has 15 heavy (non-hydrogen) atoms. The molecule has 0 amide bonds. The molecule has 0 heterocycles. The molecule has 0 aliphatic carbocycles. The van der Waals surface area contributed by atoms with Crippen molar-refractivity contribution in [1.29, 1.82) is 0 Å². The molecule has 0 aliphatic heterocycles. The van der Waals surface area contributed by atoms with Crippen LogP contribution in [0.4, 0.5) is 22.0 Å². The van der Waals surface area contributed by atoms with Gasteiger partial charge in [0.05, 0.1) is 5.56 Å². The number of benzene rings is 1. The van der Waals surface area contributed by atoms with Gasteiger partial charge in [0.15, 0.2) is 11.6 Å². The maximum Gasteiger partial charge on any atom is 0.419 e. The molecule has 0 fully saturated rings.